The fraction of sp³-hybridized carbons (Fsp3) is 0.0909. The van der Waals surface area contributed by atoms with E-state index in [0.29, 0.717) is 22.4 Å². The van der Waals surface area contributed by atoms with Gasteiger partial charge in [-0.2, -0.15) is 0 Å². The summed E-state index contributed by atoms with van der Waals surface area (Å²) in [5.41, 5.74) is 1.09. The molecule has 3 rings (SSSR count). The first-order valence-corrected chi connectivity index (χ1v) is 5.29. The minimum Gasteiger partial charge on any atom is -0.421 e. The van der Waals surface area contributed by atoms with Crippen molar-refractivity contribution in [2.24, 2.45) is 0 Å². The van der Waals surface area contributed by atoms with Crippen molar-refractivity contribution in [2.45, 2.75) is 5.88 Å². The van der Waals surface area contributed by atoms with Gasteiger partial charge in [-0.15, -0.1) is 11.6 Å². The van der Waals surface area contributed by atoms with Crippen LogP contribution in [0.5, 0.6) is 0 Å². The van der Waals surface area contributed by atoms with Gasteiger partial charge in [-0.25, -0.2) is 9.78 Å². The Balaban J connectivity index is 2.57. The van der Waals surface area contributed by atoms with Gasteiger partial charge < -0.3 is 9.40 Å². The molecule has 0 aliphatic rings. The van der Waals surface area contributed by atoms with Crippen LogP contribution in [0.3, 0.4) is 0 Å². The molecule has 1 N–H and O–H groups in total. The number of benzene rings is 1. The van der Waals surface area contributed by atoms with Gasteiger partial charge in [-0.3, -0.25) is 0 Å². The fourth-order valence-electron chi connectivity index (χ4n) is 1.74. The Hall–Kier alpha value is -1.81. The number of nitrogens with one attached hydrogen (secondary N) is 1. The van der Waals surface area contributed by atoms with E-state index in [0.717, 1.165) is 5.39 Å². The maximum Gasteiger partial charge on any atom is 0.364 e. The van der Waals surface area contributed by atoms with Crippen molar-refractivity contribution in [3.63, 3.8) is 0 Å². The molecule has 5 heteroatoms. The zero-order valence-corrected chi connectivity index (χ0v) is 8.91. The molecule has 0 spiro atoms. The molecule has 0 radical (unpaired) electrons. The molecular weight excluding hydrogens is 228 g/mol. The third-order valence-corrected chi connectivity index (χ3v) is 2.68. The van der Waals surface area contributed by atoms with Gasteiger partial charge in [-0.1, -0.05) is 12.1 Å². The number of halogens is 1. The highest BCUT2D eigenvalue weighted by molar-refractivity contribution is 6.17. The number of para-hydroxylation sites is 1. The Kier molecular flexibility index (Phi) is 1.97. The average molecular weight is 235 g/mol. The van der Waals surface area contributed by atoms with Crippen molar-refractivity contribution in [3.05, 3.63) is 40.5 Å². The van der Waals surface area contributed by atoms with Gasteiger partial charge in [0.25, 0.3) is 0 Å². The summed E-state index contributed by atoms with van der Waals surface area (Å²) in [5.74, 6) is 0.808. The largest absolute Gasteiger partial charge is 0.421 e. The third kappa shape index (κ3) is 1.23. The topological polar surface area (TPSA) is 58.9 Å². The highest BCUT2D eigenvalue weighted by Gasteiger charge is 2.11. The number of hydrogen-bond donors (Lipinski definition) is 1. The molecule has 2 aromatic heterocycles. The quantitative estimate of drug-likeness (QED) is 0.520. The van der Waals surface area contributed by atoms with E-state index in [9.17, 15) is 4.79 Å². The van der Waals surface area contributed by atoms with Crippen LogP contribution in [-0.4, -0.2) is 9.97 Å². The van der Waals surface area contributed by atoms with Crippen molar-refractivity contribution in [2.75, 3.05) is 0 Å². The number of fused-ring (bicyclic) bond motifs is 3. The lowest BCUT2D eigenvalue weighted by Gasteiger charge is -1.95. The Morgan fingerprint density at radius 2 is 2.19 bits per heavy atom. The van der Waals surface area contributed by atoms with E-state index < -0.39 is 5.63 Å². The number of hydrogen-bond acceptors (Lipinski definition) is 3. The summed E-state index contributed by atoms with van der Waals surface area (Å²) in [5, 5.41) is 0.834. The lowest BCUT2D eigenvalue weighted by atomic mass is 10.2. The predicted octanol–water partition coefficient (Wildman–Crippen LogP) is 2.41. The smallest absolute Gasteiger partial charge is 0.364 e. The molecule has 0 fully saturated rings. The summed E-state index contributed by atoms with van der Waals surface area (Å²) < 4.78 is 5.15. The number of aromatic amines is 1. The molecule has 0 aliphatic heterocycles. The van der Waals surface area contributed by atoms with Crippen LogP contribution in [0.1, 0.15) is 5.82 Å². The van der Waals surface area contributed by atoms with E-state index in [2.05, 4.69) is 9.97 Å². The molecule has 2 heterocycles. The summed E-state index contributed by atoms with van der Waals surface area (Å²) in [6.45, 7) is 0. The highest BCUT2D eigenvalue weighted by atomic mass is 35.5. The second-order valence-electron chi connectivity index (χ2n) is 3.43. The molecular formula is C11H7ClN2O2. The first-order valence-electron chi connectivity index (χ1n) is 4.76. The van der Waals surface area contributed by atoms with Crippen LogP contribution < -0.4 is 5.63 Å². The van der Waals surface area contributed by atoms with E-state index in [1.54, 1.807) is 6.07 Å². The van der Waals surface area contributed by atoms with Crippen LogP contribution in [0.4, 0.5) is 0 Å². The number of alkyl halides is 1. The van der Waals surface area contributed by atoms with Crippen LogP contribution in [0.2, 0.25) is 0 Å². The van der Waals surface area contributed by atoms with Crippen molar-refractivity contribution in [3.8, 4) is 0 Å². The average Bonchev–Trinajstić information content (AvgIpc) is 2.74. The first kappa shape index (κ1) is 9.42. The number of aromatic nitrogens is 2. The molecule has 4 nitrogen and oxygen atoms in total. The van der Waals surface area contributed by atoms with Crippen LogP contribution in [0, 0.1) is 0 Å². The van der Waals surface area contributed by atoms with Gasteiger partial charge in [0.1, 0.15) is 11.4 Å². The molecule has 0 amide bonds. The predicted molar refractivity (Wildman–Crippen MR) is 61.7 cm³/mol. The van der Waals surface area contributed by atoms with E-state index >= 15 is 0 Å². The van der Waals surface area contributed by atoms with E-state index in [1.165, 1.54) is 0 Å². The molecule has 0 saturated carbocycles. The number of rotatable bonds is 1. The maximum absolute atomic E-state index is 11.6. The minimum atomic E-state index is -0.443. The number of nitrogens with zero attached hydrogens (tertiary/aromatic N) is 1. The van der Waals surface area contributed by atoms with Gasteiger partial charge in [0.2, 0.25) is 0 Å². The van der Waals surface area contributed by atoms with Gasteiger partial charge in [0.15, 0.2) is 5.52 Å². The Bertz CT molecular complexity index is 730. The van der Waals surface area contributed by atoms with Crippen LogP contribution in [0.25, 0.3) is 22.0 Å². The lowest BCUT2D eigenvalue weighted by molar-refractivity contribution is 0.568. The summed E-state index contributed by atoms with van der Waals surface area (Å²) in [6.07, 6.45) is 0. The number of imidazole rings is 1. The van der Waals surface area contributed by atoms with Crippen molar-refractivity contribution < 1.29 is 4.42 Å². The normalized spacial score (nSPS) is 11.3. The second kappa shape index (κ2) is 3.35. The molecule has 0 aliphatic carbocycles. The van der Waals surface area contributed by atoms with Gasteiger partial charge in [-0.05, 0) is 12.1 Å². The minimum absolute atomic E-state index is 0.239. The van der Waals surface area contributed by atoms with Gasteiger partial charge in [0.05, 0.1) is 11.4 Å². The summed E-state index contributed by atoms with van der Waals surface area (Å²) in [4.78, 5) is 18.7. The zero-order valence-electron chi connectivity index (χ0n) is 8.16. The molecule has 0 atom stereocenters. The summed E-state index contributed by atoms with van der Waals surface area (Å²) in [6, 6.07) is 7.31. The second-order valence-corrected chi connectivity index (χ2v) is 3.69. The SMILES string of the molecule is O=c1oc2ccccc2c2[nH]c(CCl)nc12. The van der Waals surface area contributed by atoms with Crippen molar-refractivity contribution in [1.29, 1.82) is 0 Å². The van der Waals surface area contributed by atoms with Crippen molar-refractivity contribution in [1.82, 2.24) is 9.97 Å². The summed E-state index contributed by atoms with van der Waals surface area (Å²) in [7, 11) is 0. The fourth-order valence-corrected chi connectivity index (χ4v) is 1.87. The van der Waals surface area contributed by atoms with Gasteiger partial charge in [0, 0.05) is 5.39 Å². The molecule has 0 bridgehead atoms. The number of H-pyrrole nitrogens is 1. The molecule has 80 valence electrons. The Labute approximate surface area is 94.9 Å². The van der Waals surface area contributed by atoms with Crippen LogP contribution in [-0.2, 0) is 5.88 Å². The molecule has 1 aromatic carbocycles. The van der Waals surface area contributed by atoms with Crippen LogP contribution >= 0.6 is 11.6 Å². The van der Waals surface area contributed by atoms with E-state index in [4.69, 9.17) is 16.0 Å². The van der Waals surface area contributed by atoms with Crippen molar-refractivity contribution >= 4 is 33.6 Å². The highest BCUT2D eigenvalue weighted by Crippen LogP contribution is 2.20. The van der Waals surface area contributed by atoms with E-state index in [-0.39, 0.29) is 5.88 Å². The maximum atomic E-state index is 11.6. The van der Waals surface area contributed by atoms with Gasteiger partial charge >= 0.3 is 5.63 Å². The molecule has 16 heavy (non-hydrogen) atoms. The summed E-state index contributed by atoms with van der Waals surface area (Å²) >= 11 is 5.68. The third-order valence-electron chi connectivity index (χ3n) is 2.43. The standard InChI is InChI=1S/C11H7ClN2O2/c12-5-8-13-9-6-3-1-2-4-7(6)16-11(15)10(9)14-8/h1-4H,5H2,(H,13,14). The molecule has 0 unspecified atom stereocenters. The first-order chi connectivity index (χ1) is 7.79. The zero-order chi connectivity index (χ0) is 11.1. The molecule has 0 saturated heterocycles. The van der Waals surface area contributed by atoms with Crippen LogP contribution in [0.15, 0.2) is 33.5 Å². The lowest BCUT2D eigenvalue weighted by Crippen LogP contribution is -1.99. The molecule has 3 aromatic rings. The Morgan fingerprint density at radius 1 is 1.38 bits per heavy atom. The van der Waals surface area contributed by atoms with E-state index in [1.807, 2.05) is 18.2 Å². The monoisotopic (exact) mass is 234 g/mol. The Morgan fingerprint density at radius 3 is 3.00 bits per heavy atom.